The molecule has 0 aliphatic rings. The predicted octanol–water partition coefficient (Wildman–Crippen LogP) is 7.67. The van der Waals surface area contributed by atoms with Crippen molar-refractivity contribution in [2.24, 2.45) is 0 Å². The molecule has 0 spiro atoms. The summed E-state index contributed by atoms with van der Waals surface area (Å²) in [6, 6.07) is 27.1. The molecule has 0 amide bonds. The van der Waals surface area contributed by atoms with Crippen LogP contribution in [0.2, 0.25) is 0 Å². The quantitative estimate of drug-likeness (QED) is 0.301. The average molecular weight is 395 g/mol. The summed E-state index contributed by atoms with van der Waals surface area (Å²) in [5.74, 6) is -0.228. The minimum absolute atomic E-state index is 0.228. The molecule has 138 valence electrons. The Morgan fingerprint density at radius 3 is 2.52 bits per heavy atom. The zero-order valence-corrected chi connectivity index (χ0v) is 16.0. The topological polar surface area (TPSA) is 26.0 Å². The molecule has 0 radical (unpaired) electrons. The molecule has 0 unspecified atom stereocenters. The first-order valence-electron chi connectivity index (χ1n) is 9.33. The molecule has 4 heteroatoms. The van der Waals surface area contributed by atoms with Crippen molar-refractivity contribution < 1.29 is 8.81 Å². The fraction of sp³-hybridized carbons (Fsp3) is 0. The van der Waals surface area contributed by atoms with E-state index < -0.39 is 0 Å². The van der Waals surface area contributed by atoms with E-state index in [1.807, 2.05) is 36.4 Å². The van der Waals surface area contributed by atoms with Gasteiger partial charge in [0.1, 0.15) is 21.8 Å². The van der Waals surface area contributed by atoms with Gasteiger partial charge in [-0.2, -0.15) is 0 Å². The summed E-state index contributed by atoms with van der Waals surface area (Å²) in [5, 5.41) is 3.29. The van der Waals surface area contributed by atoms with E-state index in [4.69, 9.17) is 9.40 Å². The largest absolute Gasteiger partial charge is 0.455 e. The van der Waals surface area contributed by atoms with Crippen LogP contribution in [0.3, 0.4) is 0 Å². The fourth-order valence-electron chi connectivity index (χ4n) is 3.77. The van der Waals surface area contributed by atoms with Crippen LogP contribution >= 0.6 is 11.3 Å². The number of nitrogens with zero attached hydrogens (tertiary/aromatic N) is 1. The fourth-order valence-corrected chi connectivity index (χ4v) is 4.81. The maximum absolute atomic E-state index is 13.2. The molecule has 6 rings (SSSR count). The molecule has 0 saturated carbocycles. The van der Waals surface area contributed by atoms with E-state index >= 15 is 0 Å². The van der Waals surface area contributed by atoms with Gasteiger partial charge >= 0.3 is 0 Å². The van der Waals surface area contributed by atoms with Crippen LogP contribution in [0.1, 0.15) is 0 Å². The Labute approximate surface area is 169 Å². The number of thiophene rings is 1. The lowest BCUT2D eigenvalue weighted by atomic mass is 10.1. The van der Waals surface area contributed by atoms with E-state index in [-0.39, 0.29) is 5.82 Å². The minimum atomic E-state index is -0.228. The Morgan fingerprint density at radius 2 is 1.62 bits per heavy atom. The van der Waals surface area contributed by atoms with Gasteiger partial charge in [-0.05, 0) is 48.0 Å². The average Bonchev–Trinajstić information content (AvgIpc) is 3.35. The Balaban J connectivity index is 1.52. The molecule has 0 aliphatic heterocycles. The summed E-state index contributed by atoms with van der Waals surface area (Å²) in [4.78, 5) is 6.94. The number of hydrogen-bond donors (Lipinski definition) is 0. The molecule has 0 fully saturated rings. The molecule has 29 heavy (non-hydrogen) atoms. The molecule has 0 atom stereocenters. The Morgan fingerprint density at radius 1 is 0.793 bits per heavy atom. The van der Waals surface area contributed by atoms with Crippen LogP contribution in [0.15, 0.2) is 89.3 Å². The molecule has 2 nitrogen and oxygen atoms in total. The Hall–Kier alpha value is -3.50. The summed E-state index contributed by atoms with van der Waals surface area (Å²) in [6.07, 6.45) is 0. The van der Waals surface area contributed by atoms with Crippen molar-refractivity contribution in [3.8, 4) is 21.7 Å². The highest BCUT2D eigenvalue weighted by molar-refractivity contribution is 7.21. The predicted molar refractivity (Wildman–Crippen MR) is 118 cm³/mol. The number of benzene rings is 3. The van der Waals surface area contributed by atoms with Crippen LogP contribution in [0.4, 0.5) is 4.39 Å². The van der Waals surface area contributed by atoms with Crippen molar-refractivity contribution in [1.29, 1.82) is 0 Å². The Kier molecular flexibility index (Phi) is 3.55. The Bertz CT molecular complexity index is 1510. The van der Waals surface area contributed by atoms with Gasteiger partial charge < -0.3 is 4.42 Å². The second-order valence-electron chi connectivity index (χ2n) is 6.99. The summed E-state index contributed by atoms with van der Waals surface area (Å²) in [5.41, 5.74) is 4.60. The van der Waals surface area contributed by atoms with Crippen molar-refractivity contribution in [2.45, 2.75) is 0 Å². The van der Waals surface area contributed by atoms with E-state index in [9.17, 15) is 4.39 Å². The van der Waals surface area contributed by atoms with Crippen molar-refractivity contribution in [1.82, 2.24) is 4.98 Å². The third kappa shape index (κ3) is 2.64. The van der Waals surface area contributed by atoms with E-state index in [0.29, 0.717) is 0 Å². The number of pyridine rings is 1. The summed E-state index contributed by atoms with van der Waals surface area (Å²) >= 11 is 1.61. The third-order valence-electron chi connectivity index (χ3n) is 5.19. The van der Waals surface area contributed by atoms with Gasteiger partial charge in [0.2, 0.25) is 0 Å². The molecule has 0 N–H and O–H groups in total. The summed E-state index contributed by atoms with van der Waals surface area (Å²) in [7, 11) is 0. The maximum Gasteiger partial charge on any atom is 0.144 e. The molecule has 0 saturated heterocycles. The molecule has 0 bridgehead atoms. The minimum Gasteiger partial charge on any atom is -0.455 e. The molecular weight excluding hydrogens is 381 g/mol. The van der Waals surface area contributed by atoms with Crippen LogP contribution in [0.25, 0.3) is 53.9 Å². The smallest absolute Gasteiger partial charge is 0.144 e. The van der Waals surface area contributed by atoms with Gasteiger partial charge in [-0.3, -0.25) is 0 Å². The van der Waals surface area contributed by atoms with Crippen LogP contribution in [0, 0.1) is 5.82 Å². The first-order valence-corrected chi connectivity index (χ1v) is 10.1. The first kappa shape index (κ1) is 16.5. The lowest BCUT2D eigenvalue weighted by molar-refractivity contribution is 0.628. The third-order valence-corrected chi connectivity index (χ3v) is 6.29. The second kappa shape index (κ2) is 6.26. The SMILES string of the molecule is Fc1ccc(-c2cc3ccc(-c4cccc5c4oc4ccccc45)nc3s2)cc1. The second-order valence-corrected chi connectivity index (χ2v) is 8.02. The van der Waals surface area contributed by atoms with Gasteiger partial charge in [0.15, 0.2) is 0 Å². The van der Waals surface area contributed by atoms with Gasteiger partial charge in [0.05, 0.1) is 5.69 Å². The number of rotatable bonds is 2. The number of aromatic nitrogens is 1. The van der Waals surface area contributed by atoms with E-state index in [1.165, 1.54) is 12.1 Å². The van der Waals surface area contributed by atoms with Crippen LogP contribution in [-0.4, -0.2) is 4.98 Å². The summed E-state index contributed by atoms with van der Waals surface area (Å²) in [6.45, 7) is 0. The molecule has 3 aromatic heterocycles. The molecule has 6 aromatic rings. The van der Waals surface area contributed by atoms with Gasteiger partial charge in [-0.25, -0.2) is 9.37 Å². The van der Waals surface area contributed by atoms with E-state index in [0.717, 1.165) is 53.9 Å². The maximum atomic E-state index is 13.2. The van der Waals surface area contributed by atoms with Crippen LogP contribution < -0.4 is 0 Å². The normalized spacial score (nSPS) is 11.6. The first-order chi connectivity index (χ1) is 14.3. The lowest BCUT2D eigenvalue weighted by Crippen LogP contribution is -1.83. The highest BCUT2D eigenvalue weighted by atomic mass is 32.1. The van der Waals surface area contributed by atoms with Crippen molar-refractivity contribution in [2.75, 3.05) is 0 Å². The van der Waals surface area contributed by atoms with Gasteiger partial charge in [-0.1, -0.05) is 42.5 Å². The number of fused-ring (bicyclic) bond motifs is 4. The number of furan rings is 1. The molecule has 3 heterocycles. The van der Waals surface area contributed by atoms with E-state index in [2.05, 4.69) is 24.3 Å². The number of hydrogen-bond acceptors (Lipinski definition) is 3. The zero-order valence-electron chi connectivity index (χ0n) is 15.2. The van der Waals surface area contributed by atoms with Crippen molar-refractivity contribution in [3.63, 3.8) is 0 Å². The molecular formula is C25H14FNOS. The molecule has 3 aromatic carbocycles. The van der Waals surface area contributed by atoms with E-state index in [1.54, 1.807) is 23.5 Å². The van der Waals surface area contributed by atoms with Gasteiger partial charge in [0.25, 0.3) is 0 Å². The van der Waals surface area contributed by atoms with Gasteiger partial charge in [-0.15, -0.1) is 11.3 Å². The zero-order chi connectivity index (χ0) is 19.4. The number of halogens is 1. The van der Waals surface area contributed by atoms with Crippen molar-refractivity contribution >= 4 is 43.5 Å². The summed E-state index contributed by atoms with van der Waals surface area (Å²) < 4.78 is 19.4. The monoisotopic (exact) mass is 395 g/mol. The van der Waals surface area contributed by atoms with Crippen molar-refractivity contribution in [3.05, 3.63) is 90.7 Å². The number of para-hydroxylation sites is 2. The lowest BCUT2D eigenvalue weighted by Gasteiger charge is -2.02. The standard InChI is InChI=1S/C25H14FNOS/c26-17-11-8-15(9-12-17)23-14-16-10-13-21(27-25(16)29-23)20-6-3-5-19-18-4-1-2-7-22(18)28-24(19)20/h1-14H. The molecule has 0 aliphatic carbocycles. The van der Waals surface area contributed by atoms with Crippen LogP contribution in [-0.2, 0) is 0 Å². The van der Waals surface area contributed by atoms with Gasteiger partial charge in [0, 0.05) is 26.6 Å². The highest BCUT2D eigenvalue weighted by Gasteiger charge is 2.14. The van der Waals surface area contributed by atoms with Crippen LogP contribution in [0.5, 0.6) is 0 Å². The highest BCUT2D eigenvalue weighted by Crippen LogP contribution is 2.37.